The standard InChI is InChI=1S/C24H30N6/c1-18-7-6-10-21(19(18)2)29-13-15-30(16-14-29)24-22(25)23(27-17-28-24)26-12-11-20-8-4-3-5-9-20/h3-10,17H,11-16,25H2,1-2H3,(H,26,27,28). The molecule has 0 atom stereocenters. The monoisotopic (exact) mass is 402 g/mol. The van der Waals surface area contributed by atoms with Crippen LogP contribution in [-0.4, -0.2) is 42.7 Å². The lowest BCUT2D eigenvalue weighted by Crippen LogP contribution is -2.47. The molecule has 0 aliphatic carbocycles. The highest BCUT2D eigenvalue weighted by atomic mass is 15.3. The zero-order valence-electron chi connectivity index (χ0n) is 17.8. The quantitative estimate of drug-likeness (QED) is 0.656. The Morgan fingerprint density at radius 1 is 0.900 bits per heavy atom. The maximum atomic E-state index is 6.44. The molecular formula is C24H30N6. The number of nitrogens with one attached hydrogen (secondary N) is 1. The molecule has 2 heterocycles. The van der Waals surface area contributed by atoms with Crippen molar-refractivity contribution in [2.45, 2.75) is 20.3 Å². The average molecular weight is 403 g/mol. The van der Waals surface area contributed by atoms with Gasteiger partial charge in [-0.2, -0.15) is 0 Å². The summed E-state index contributed by atoms with van der Waals surface area (Å²) in [5.74, 6) is 1.54. The number of nitrogen functional groups attached to an aromatic ring is 1. The summed E-state index contributed by atoms with van der Waals surface area (Å²) in [5, 5.41) is 3.38. The molecule has 156 valence electrons. The molecule has 0 spiro atoms. The molecule has 1 aromatic heterocycles. The predicted molar refractivity (Wildman–Crippen MR) is 125 cm³/mol. The molecule has 1 aliphatic rings. The number of hydrogen-bond donors (Lipinski definition) is 2. The third kappa shape index (κ3) is 4.32. The molecule has 30 heavy (non-hydrogen) atoms. The van der Waals surface area contributed by atoms with E-state index in [-0.39, 0.29) is 0 Å². The van der Waals surface area contributed by atoms with Crippen LogP contribution < -0.4 is 20.9 Å². The lowest BCUT2D eigenvalue weighted by Gasteiger charge is -2.38. The number of piperazine rings is 1. The number of nitrogens with zero attached hydrogens (tertiary/aromatic N) is 4. The van der Waals surface area contributed by atoms with Gasteiger partial charge < -0.3 is 20.9 Å². The van der Waals surface area contributed by atoms with Crippen molar-refractivity contribution < 1.29 is 0 Å². The first-order valence-corrected chi connectivity index (χ1v) is 10.6. The molecule has 6 heteroatoms. The molecule has 0 amide bonds. The van der Waals surface area contributed by atoms with Gasteiger partial charge in [0.25, 0.3) is 0 Å². The normalized spacial score (nSPS) is 14.1. The van der Waals surface area contributed by atoms with E-state index >= 15 is 0 Å². The van der Waals surface area contributed by atoms with E-state index in [9.17, 15) is 0 Å². The van der Waals surface area contributed by atoms with Gasteiger partial charge in [-0.15, -0.1) is 0 Å². The Hall–Kier alpha value is -3.28. The van der Waals surface area contributed by atoms with Crippen molar-refractivity contribution in [2.75, 3.05) is 53.6 Å². The third-order valence-electron chi connectivity index (χ3n) is 5.91. The molecule has 0 unspecified atom stereocenters. The number of anilines is 4. The summed E-state index contributed by atoms with van der Waals surface area (Å²) in [4.78, 5) is 13.6. The molecule has 3 N–H and O–H groups in total. The fourth-order valence-electron chi connectivity index (χ4n) is 3.99. The van der Waals surface area contributed by atoms with Crippen molar-refractivity contribution in [1.29, 1.82) is 0 Å². The van der Waals surface area contributed by atoms with E-state index < -0.39 is 0 Å². The maximum Gasteiger partial charge on any atom is 0.157 e. The van der Waals surface area contributed by atoms with E-state index in [2.05, 4.69) is 81.4 Å². The van der Waals surface area contributed by atoms with Gasteiger partial charge >= 0.3 is 0 Å². The lowest BCUT2D eigenvalue weighted by atomic mass is 10.1. The summed E-state index contributed by atoms with van der Waals surface area (Å²) in [6, 6.07) is 16.9. The molecular weight excluding hydrogens is 372 g/mol. The smallest absolute Gasteiger partial charge is 0.157 e. The number of aromatic nitrogens is 2. The Morgan fingerprint density at radius 2 is 1.63 bits per heavy atom. The van der Waals surface area contributed by atoms with Crippen LogP contribution in [0, 0.1) is 13.8 Å². The maximum absolute atomic E-state index is 6.44. The first-order chi connectivity index (χ1) is 14.6. The van der Waals surface area contributed by atoms with Crippen LogP contribution in [0.2, 0.25) is 0 Å². The highest BCUT2D eigenvalue weighted by Gasteiger charge is 2.22. The van der Waals surface area contributed by atoms with Crippen molar-refractivity contribution in [1.82, 2.24) is 9.97 Å². The van der Waals surface area contributed by atoms with E-state index in [0.717, 1.165) is 45.0 Å². The van der Waals surface area contributed by atoms with Crippen molar-refractivity contribution in [2.24, 2.45) is 0 Å². The van der Waals surface area contributed by atoms with Crippen LogP contribution in [0.25, 0.3) is 0 Å². The van der Waals surface area contributed by atoms with Gasteiger partial charge in [-0.1, -0.05) is 42.5 Å². The summed E-state index contributed by atoms with van der Waals surface area (Å²) in [7, 11) is 0. The van der Waals surface area contributed by atoms with Crippen LogP contribution in [0.4, 0.5) is 23.0 Å². The number of benzene rings is 2. The van der Waals surface area contributed by atoms with Gasteiger partial charge in [0.2, 0.25) is 0 Å². The van der Waals surface area contributed by atoms with Gasteiger partial charge in [0, 0.05) is 38.4 Å². The van der Waals surface area contributed by atoms with E-state index in [0.29, 0.717) is 11.5 Å². The van der Waals surface area contributed by atoms with Crippen molar-refractivity contribution in [3.8, 4) is 0 Å². The van der Waals surface area contributed by atoms with Gasteiger partial charge in [-0.05, 0) is 43.0 Å². The van der Waals surface area contributed by atoms with Crippen molar-refractivity contribution >= 4 is 23.0 Å². The summed E-state index contributed by atoms with van der Waals surface area (Å²) in [6.07, 6.45) is 2.53. The molecule has 1 fully saturated rings. The minimum Gasteiger partial charge on any atom is -0.393 e. The van der Waals surface area contributed by atoms with E-state index in [1.807, 2.05) is 6.07 Å². The van der Waals surface area contributed by atoms with Crippen LogP contribution in [0.3, 0.4) is 0 Å². The molecule has 1 saturated heterocycles. The van der Waals surface area contributed by atoms with Crippen LogP contribution in [-0.2, 0) is 6.42 Å². The Bertz CT molecular complexity index is 980. The lowest BCUT2D eigenvalue weighted by molar-refractivity contribution is 0.646. The fourth-order valence-corrected chi connectivity index (χ4v) is 3.99. The Kier molecular flexibility index (Phi) is 6.02. The highest BCUT2D eigenvalue weighted by Crippen LogP contribution is 2.29. The minimum atomic E-state index is 0.630. The van der Waals surface area contributed by atoms with Gasteiger partial charge in [0.15, 0.2) is 11.6 Å². The van der Waals surface area contributed by atoms with Crippen LogP contribution >= 0.6 is 0 Å². The Labute approximate surface area is 178 Å². The fraction of sp³-hybridized carbons (Fsp3) is 0.333. The topological polar surface area (TPSA) is 70.3 Å². The Morgan fingerprint density at radius 3 is 2.40 bits per heavy atom. The average Bonchev–Trinajstić information content (AvgIpc) is 2.78. The van der Waals surface area contributed by atoms with Crippen molar-refractivity contribution in [3.05, 3.63) is 71.5 Å². The summed E-state index contributed by atoms with van der Waals surface area (Å²) in [5.41, 5.74) is 12.4. The van der Waals surface area contributed by atoms with Crippen molar-refractivity contribution in [3.63, 3.8) is 0 Å². The molecule has 1 aliphatic heterocycles. The zero-order valence-corrected chi connectivity index (χ0v) is 17.8. The first-order valence-electron chi connectivity index (χ1n) is 10.6. The van der Waals surface area contributed by atoms with E-state index in [1.165, 1.54) is 22.4 Å². The zero-order chi connectivity index (χ0) is 20.9. The number of rotatable bonds is 6. The van der Waals surface area contributed by atoms with Gasteiger partial charge in [0.1, 0.15) is 12.0 Å². The second-order valence-corrected chi connectivity index (χ2v) is 7.82. The minimum absolute atomic E-state index is 0.630. The van der Waals surface area contributed by atoms with E-state index in [4.69, 9.17) is 5.73 Å². The molecule has 3 aromatic rings. The number of hydrogen-bond acceptors (Lipinski definition) is 6. The molecule has 6 nitrogen and oxygen atoms in total. The summed E-state index contributed by atoms with van der Waals surface area (Å²) in [6.45, 7) is 8.83. The van der Waals surface area contributed by atoms with Crippen LogP contribution in [0.5, 0.6) is 0 Å². The largest absolute Gasteiger partial charge is 0.393 e. The Balaban J connectivity index is 1.39. The number of nitrogens with two attached hydrogens (primary N) is 1. The van der Waals surface area contributed by atoms with Crippen LogP contribution in [0.15, 0.2) is 54.9 Å². The molecule has 4 rings (SSSR count). The first kappa shape index (κ1) is 20.0. The van der Waals surface area contributed by atoms with Crippen LogP contribution in [0.1, 0.15) is 16.7 Å². The third-order valence-corrected chi connectivity index (χ3v) is 5.91. The molecule has 0 bridgehead atoms. The second kappa shape index (κ2) is 9.03. The predicted octanol–water partition coefficient (Wildman–Crippen LogP) is 3.66. The molecule has 0 saturated carbocycles. The molecule has 2 aromatic carbocycles. The highest BCUT2D eigenvalue weighted by molar-refractivity contribution is 5.75. The van der Waals surface area contributed by atoms with Gasteiger partial charge in [-0.3, -0.25) is 0 Å². The van der Waals surface area contributed by atoms with E-state index in [1.54, 1.807) is 6.33 Å². The van der Waals surface area contributed by atoms with Gasteiger partial charge in [0.05, 0.1) is 0 Å². The SMILES string of the molecule is Cc1cccc(N2CCN(c3ncnc(NCCc4ccccc4)c3N)CC2)c1C. The molecule has 0 radical (unpaired) electrons. The number of aryl methyl sites for hydroxylation is 1. The second-order valence-electron chi connectivity index (χ2n) is 7.82. The summed E-state index contributed by atoms with van der Waals surface area (Å²) < 4.78 is 0. The van der Waals surface area contributed by atoms with Gasteiger partial charge in [-0.25, -0.2) is 9.97 Å². The summed E-state index contributed by atoms with van der Waals surface area (Å²) >= 11 is 0.